The van der Waals surface area contributed by atoms with Gasteiger partial charge in [-0.1, -0.05) is 32.3 Å². The minimum absolute atomic E-state index is 0.113. The molecule has 0 amide bonds. The summed E-state index contributed by atoms with van der Waals surface area (Å²) in [5, 5.41) is 0. The average molecular weight is 298 g/mol. The van der Waals surface area contributed by atoms with Crippen LogP contribution in [0.15, 0.2) is 12.2 Å². The fourth-order valence-corrected chi connectivity index (χ4v) is 1.61. The normalized spacial score (nSPS) is 13.1. The molecule has 1 unspecified atom stereocenters. The molecule has 0 bridgehead atoms. The van der Waals surface area contributed by atoms with Gasteiger partial charge in [0.1, 0.15) is 0 Å². The van der Waals surface area contributed by atoms with Crippen LogP contribution in [0.2, 0.25) is 0 Å². The first-order valence-corrected chi connectivity index (χ1v) is 6.79. The highest BCUT2D eigenvalue weighted by atomic mass is 19.4. The summed E-state index contributed by atoms with van der Waals surface area (Å²) < 4.78 is 53.2. The Bertz CT molecular complexity index is 300. The maximum absolute atomic E-state index is 13.2. The average Bonchev–Trinajstić information content (AvgIpc) is 2.30. The summed E-state index contributed by atoms with van der Waals surface area (Å²) >= 11 is 0. The van der Waals surface area contributed by atoms with E-state index in [9.17, 15) is 22.4 Å². The number of carbonyl (C=O) groups is 1. The Balaban J connectivity index is 3.40. The molecule has 1 atom stereocenters. The van der Waals surface area contributed by atoms with Crippen LogP contribution in [0.1, 0.15) is 58.3 Å². The van der Waals surface area contributed by atoms with Crippen molar-refractivity contribution in [3.8, 4) is 0 Å². The van der Waals surface area contributed by atoms with Crippen molar-refractivity contribution in [3.05, 3.63) is 12.2 Å². The first-order chi connectivity index (χ1) is 9.22. The molecule has 0 aliphatic heterocycles. The van der Waals surface area contributed by atoms with Crippen LogP contribution in [0.5, 0.6) is 0 Å². The zero-order valence-electron chi connectivity index (χ0n) is 11.8. The lowest BCUT2D eigenvalue weighted by Gasteiger charge is -2.09. The summed E-state index contributed by atoms with van der Waals surface area (Å²) in [6, 6.07) is 0. The molecule has 2 nitrogen and oxygen atoms in total. The van der Waals surface area contributed by atoms with Gasteiger partial charge in [-0.05, 0) is 19.8 Å². The van der Waals surface area contributed by atoms with Gasteiger partial charge in [0.25, 0.3) is 0 Å². The van der Waals surface area contributed by atoms with Gasteiger partial charge in [0.15, 0.2) is 0 Å². The quantitative estimate of drug-likeness (QED) is 0.243. The molecule has 6 heteroatoms. The van der Waals surface area contributed by atoms with E-state index in [0.29, 0.717) is 19.3 Å². The second-order valence-corrected chi connectivity index (χ2v) is 4.87. The van der Waals surface area contributed by atoms with Gasteiger partial charge >= 0.3 is 12.1 Å². The molecule has 0 fully saturated rings. The molecule has 0 aliphatic rings. The third kappa shape index (κ3) is 12.0. The molecule has 0 heterocycles. The van der Waals surface area contributed by atoms with Crippen LogP contribution in [-0.2, 0) is 9.53 Å². The lowest BCUT2D eigenvalue weighted by atomic mass is 10.1. The van der Waals surface area contributed by atoms with E-state index in [1.165, 1.54) is 6.92 Å². The van der Waals surface area contributed by atoms with E-state index in [0.717, 1.165) is 12.8 Å². The van der Waals surface area contributed by atoms with Gasteiger partial charge < -0.3 is 4.74 Å². The second-order valence-electron chi connectivity index (χ2n) is 4.87. The molecule has 0 N–H and O–H groups in total. The molecule has 20 heavy (non-hydrogen) atoms. The summed E-state index contributed by atoms with van der Waals surface area (Å²) in [5.74, 6) is -0.746. The molecule has 0 aromatic heterocycles. The van der Waals surface area contributed by atoms with E-state index in [1.807, 2.05) is 0 Å². The van der Waals surface area contributed by atoms with Gasteiger partial charge in [0.05, 0.1) is 0 Å². The summed E-state index contributed by atoms with van der Waals surface area (Å²) in [6.45, 7) is 4.78. The first-order valence-electron chi connectivity index (χ1n) is 6.79. The fraction of sp³-hybridized carbons (Fsp3) is 0.786. The van der Waals surface area contributed by atoms with Crippen LogP contribution >= 0.6 is 0 Å². The highest BCUT2D eigenvalue weighted by molar-refractivity contribution is 5.86. The van der Waals surface area contributed by atoms with Crippen LogP contribution in [0, 0.1) is 0 Å². The molecule has 118 valence electrons. The molecule has 0 saturated carbocycles. The SMILES string of the molecule is C=C(C)C(=O)OC(F)CCCCCCCCC(F)(F)F. The summed E-state index contributed by atoms with van der Waals surface area (Å²) in [7, 11) is 0. The fourth-order valence-electron chi connectivity index (χ4n) is 1.61. The van der Waals surface area contributed by atoms with Crippen molar-refractivity contribution in [3.63, 3.8) is 0 Å². The van der Waals surface area contributed by atoms with Gasteiger partial charge in [-0.2, -0.15) is 13.2 Å². The van der Waals surface area contributed by atoms with E-state index in [4.69, 9.17) is 0 Å². The van der Waals surface area contributed by atoms with E-state index in [1.54, 1.807) is 0 Å². The third-order valence-corrected chi connectivity index (χ3v) is 2.72. The van der Waals surface area contributed by atoms with E-state index < -0.39 is 24.9 Å². The standard InChI is InChI=1S/C14H22F4O2/c1-11(2)13(19)20-12(15)9-7-5-3-4-6-8-10-14(16,17)18/h12H,1,3-10H2,2H3. The number of ether oxygens (including phenoxy) is 1. The van der Waals surface area contributed by atoms with Crippen molar-refractivity contribution in [2.45, 2.75) is 70.8 Å². The van der Waals surface area contributed by atoms with Crippen molar-refractivity contribution in [2.75, 3.05) is 0 Å². The van der Waals surface area contributed by atoms with E-state index >= 15 is 0 Å². The lowest BCUT2D eigenvalue weighted by molar-refractivity contribution is -0.153. The van der Waals surface area contributed by atoms with Crippen molar-refractivity contribution in [2.24, 2.45) is 0 Å². The highest BCUT2D eigenvalue weighted by Crippen LogP contribution is 2.23. The topological polar surface area (TPSA) is 26.3 Å². The Labute approximate surface area is 117 Å². The molecule has 0 aliphatic carbocycles. The number of carbonyl (C=O) groups excluding carboxylic acids is 1. The van der Waals surface area contributed by atoms with Gasteiger partial charge in [-0.15, -0.1) is 0 Å². The smallest absolute Gasteiger partial charge is 0.389 e. The van der Waals surface area contributed by atoms with Gasteiger partial charge in [-0.3, -0.25) is 0 Å². The van der Waals surface area contributed by atoms with Crippen LogP contribution in [0.4, 0.5) is 17.6 Å². The maximum Gasteiger partial charge on any atom is 0.389 e. The van der Waals surface area contributed by atoms with Crippen LogP contribution < -0.4 is 0 Å². The predicted octanol–water partition coefficient (Wildman–Crippen LogP) is 5.08. The Kier molecular flexibility index (Phi) is 9.25. The third-order valence-electron chi connectivity index (χ3n) is 2.72. The zero-order chi connectivity index (χ0) is 15.6. The molecule has 0 aromatic rings. The minimum Gasteiger partial charge on any atom is -0.428 e. The van der Waals surface area contributed by atoms with Crippen LogP contribution in [0.3, 0.4) is 0 Å². The maximum atomic E-state index is 13.2. The molecule has 0 saturated heterocycles. The van der Waals surface area contributed by atoms with E-state index in [-0.39, 0.29) is 18.4 Å². The number of esters is 1. The van der Waals surface area contributed by atoms with Crippen LogP contribution in [-0.4, -0.2) is 18.5 Å². The summed E-state index contributed by atoms with van der Waals surface area (Å²) in [6.07, 6.45) is -2.93. The molecule has 0 rings (SSSR count). The number of rotatable bonds is 10. The van der Waals surface area contributed by atoms with Gasteiger partial charge in [0.2, 0.25) is 6.36 Å². The monoisotopic (exact) mass is 298 g/mol. The van der Waals surface area contributed by atoms with Crippen molar-refractivity contribution in [1.29, 1.82) is 0 Å². The molecule has 0 radical (unpaired) electrons. The zero-order valence-corrected chi connectivity index (χ0v) is 11.8. The molecule has 0 aromatic carbocycles. The number of hydrogen-bond acceptors (Lipinski definition) is 2. The van der Waals surface area contributed by atoms with Crippen LogP contribution in [0.25, 0.3) is 0 Å². The number of halogens is 4. The van der Waals surface area contributed by atoms with E-state index in [2.05, 4.69) is 11.3 Å². The predicted molar refractivity (Wildman–Crippen MR) is 68.8 cm³/mol. The number of alkyl halides is 4. The van der Waals surface area contributed by atoms with Crippen molar-refractivity contribution in [1.82, 2.24) is 0 Å². The van der Waals surface area contributed by atoms with Gasteiger partial charge in [-0.25, -0.2) is 9.18 Å². The second kappa shape index (κ2) is 9.77. The summed E-state index contributed by atoms with van der Waals surface area (Å²) in [4.78, 5) is 11.0. The Morgan fingerprint density at radius 2 is 1.60 bits per heavy atom. The van der Waals surface area contributed by atoms with Crippen molar-refractivity contribution < 1.29 is 27.1 Å². The summed E-state index contributed by atoms with van der Waals surface area (Å²) in [5.41, 5.74) is 0.150. The molecular formula is C14H22F4O2. The Hall–Kier alpha value is -1.07. The lowest BCUT2D eigenvalue weighted by Crippen LogP contribution is -2.13. The van der Waals surface area contributed by atoms with Gasteiger partial charge in [0, 0.05) is 18.4 Å². The minimum atomic E-state index is -4.07. The largest absolute Gasteiger partial charge is 0.428 e. The molecular weight excluding hydrogens is 276 g/mol. The van der Waals surface area contributed by atoms with Crippen molar-refractivity contribution >= 4 is 5.97 Å². The Morgan fingerprint density at radius 1 is 1.10 bits per heavy atom. The number of unbranched alkanes of at least 4 members (excludes halogenated alkanes) is 5. The Morgan fingerprint density at radius 3 is 2.10 bits per heavy atom. The first kappa shape index (κ1) is 18.9. The highest BCUT2D eigenvalue weighted by Gasteiger charge is 2.25. The molecule has 0 spiro atoms. The number of hydrogen-bond donors (Lipinski definition) is 0.